The Morgan fingerprint density at radius 1 is 1.41 bits per heavy atom. The van der Waals surface area contributed by atoms with Crippen molar-refractivity contribution < 1.29 is 13.9 Å². The van der Waals surface area contributed by atoms with Crippen LogP contribution in [0.1, 0.15) is 33.1 Å². The Morgan fingerprint density at radius 2 is 2.24 bits per heavy atom. The van der Waals surface area contributed by atoms with Gasteiger partial charge in [-0.05, 0) is 31.5 Å². The van der Waals surface area contributed by atoms with E-state index in [-0.39, 0.29) is 0 Å². The summed E-state index contributed by atoms with van der Waals surface area (Å²) in [5.41, 5.74) is 0. The molecule has 2 rings (SSSR count). The van der Waals surface area contributed by atoms with Crippen LogP contribution in [0.15, 0.2) is 0 Å². The third-order valence-corrected chi connectivity index (χ3v) is 8.58. The van der Waals surface area contributed by atoms with Crippen molar-refractivity contribution in [3.63, 3.8) is 0 Å². The van der Waals surface area contributed by atoms with E-state index in [4.69, 9.17) is 13.9 Å². The maximum Gasteiger partial charge on any atom is 0.195 e. The van der Waals surface area contributed by atoms with Gasteiger partial charge < -0.3 is 13.9 Å². The largest absolute Gasteiger partial charge is 0.417 e. The second-order valence-electron chi connectivity index (χ2n) is 5.54. The van der Waals surface area contributed by atoms with Gasteiger partial charge in [0.25, 0.3) is 0 Å². The predicted molar refractivity (Wildman–Crippen MR) is 70.8 cm³/mol. The molecule has 100 valence electrons. The van der Waals surface area contributed by atoms with Crippen LogP contribution in [0, 0.1) is 0 Å². The third kappa shape index (κ3) is 4.36. The van der Waals surface area contributed by atoms with Crippen LogP contribution in [0.25, 0.3) is 0 Å². The van der Waals surface area contributed by atoms with Crippen molar-refractivity contribution in [2.45, 2.75) is 63.5 Å². The number of rotatable bonds is 7. The number of epoxide rings is 1. The lowest BCUT2D eigenvalue weighted by atomic mass is 10.4. The van der Waals surface area contributed by atoms with Crippen LogP contribution >= 0.6 is 0 Å². The van der Waals surface area contributed by atoms with Crippen molar-refractivity contribution in [2.75, 3.05) is 19.8 Å². The highest BCUT2D eigenvalue weighted by atomic mass is 28.4. The molecule has 2 heterocycles. The molecule has 2 aliphatic rings. The summed E-state index contributed by atoms with van der Waals surface area (Å²) in [5, 5.41) is 0. The molecule has 2 fully saturated rings. The van der Waals surface area contributed by atoms with Crippen molar-refractivity contribution in [1.82, 2.24) is 0 Å². The Morgan fingerprint density at radius 3 is 2.82 bits per heavy atom. The molecule has 3 unspecified atom stereocenters. The first-order chi connectivity index (χ1) is 8.24. The van der Waals surface area contributed by atoms with Gasteiger partial charge in [-0.15, -0.1) is 0 Å². The van der Waals surface area contributed by atoms with Crippen LogP contribution in [-0.4, -0.2) is 40.3 Å². The zero-order valence-corrected chi connectivity index (χ0v) is 12.2. The molecule has 3 nitrogen and oxygen atoms in total. The Kier molecular flexibility index (Phi) is 5.03. The molecule has 0 aromatic heterocycles. The van der Waals surface area contributed by atoms with Gasteiger partial charge in [0.05, 0.1) is 19.3 Å². The molecule has 0 N–H and O–H groups in total. The monoisotopic (exact) mass is 258 g/mol. The fraction of sp³-hybridized carbons (Fsp3) is 1.00. The standard InChI is InChI=1S/C13H26O3Si/c1-3-7-17(8-5-4-6-16-17)11-12(2)14-9-13-10-15-13/h12-13H,3-11H2,1-2H3. The molecule has 3 atom stereocenters. The minimum atomic E-state index is -1.46. The molecule has 2 saturated heterocycles. The van der Waals surface area contributed by atoms with Gasteiger partial charge in [0.1, 0.15) is 6.10 Å². The van der Waals surface area contributed by atoms with Crippen molar-refractivity contribution in [3.05, 3.63) is 0 Å². The summed E-state index contributed by atoms with van der Waals surface area (Å²) in [6, 6.07) is 3.82. The van der Waals surface area contributed by atoms with Crippen molar-refractivity contribution in [2.24, 2.45) is 0 Å². The van der Waals surface area contributed by atoms with Crippen molar-refractivity contribution in [1.29, 1.82) is 0 Å². The molecule has 17 heavy (non-hydrogen) atoms. The predicted octanol–water partition coefficient (Wildman–Crippen LogP) is 2.96. The summed E-state index contributed by atoms with van der Waals surface area (Å²) in [6.45, 7) is 7.13. The van der Waals surface area contributed by atoms with Crippen LogP contribution in [0.4, 0.5) is 0 Å². The second-order valence-corrected chi connectivity index (χ2v) is 9.60. The second kappa shape index (κ2) is 6.32. The highest BCUT2D eigenvalue weighted by Gasteiger charge is 2.38. The first kappa shape index (κ1) is 13.5. The van der Waals surface area contributed by atoms with E-state index in [1.165, 1.54) is 37.4 Å². The Hall–Kier alpha value is 0.0969. The third-order valence-electron chi connectivity index (χ3n) is 3.77. The van der Waals surface area contributed by atoms with Gasteiger partial charge in [-0.2, -0.15) is 0 Å². The van der Waals surface area contributed by atoms with E-state index >= 15 is 0 Å². The average Bonchev–Trinajstić information content (AvgIpc) is 3.11. The zero-order valence-electron chi connectivity index (χ0n) is 11.2. The Balaban J connectivity index is 1.77. The molecule has 0 radical (unpaired) electrons. The fourth-order valence-corrected chi connectivity index (χ4v) is 7.46. The van der Waals surface area contributed by atoms with Gasteiger partial charge in [-0.1, -0.05) is 19.8 Å². The summed E-state index contributed by atoms with van der Waals surface area (Å²) in [6.07, 6.45) is 4.60. The lowest BCUT2D eigenvalue weighted by Gasteiger charge is -2.36. The number of hydrogen-bond acceptors (Lipinski definition) is 3. The van der Waals surface area contributed by atoms with Gasteiger partial charge in [0.15, 0.2) is 8.32 Å². The van der Waals surface area contributed by atoms with Gasteiger partial charge >= 0.3 is 0 Å². The molecule has 0 aromatic carbocycles. The van der Waals surface area contributed by atoms with E-state index in [1.807, 2.05) is 0 Å². The molecular formula is C13H26O3Si. The number of hydrogen-bond donors (Lipinski definition) is 0. The quantitative estimate of drug-likeness (QED) is 0.519. The van der Waals surface area contributed by atoms with Crippen molar-refractivity contribution in [3.8, 4) is 0 Å². The summed E-state index contributed by atoms with van der Waals surface area (Å²) >= 11 is 0. The van der Waals surface area contributed by atoms with Crippen LogP contribution in [-0.2, 0) is 13.9 Å². The molecule has 0 aliphatic carbocycles. The normalized spacial score (nSPS) is 34.6. The minimum Gasteiger partial charge on any atom is -0.417 e. The van der Waals surface area contributed by atoms with Gasteiger partial charge in [0, 0.05) is 6.61 Å². The molecule has 0 aromatic rings. The number of ether oxygens (including phenoxy) is 2. The van der Waals surface area contributed by atoms with Crippen molar-refractivity contribution >= 4 is 8.32 Å². The van der Waals surface area contributed by atoms with Crippen LogP contribution in [0.2, 0.25) is 18.1 Å². The minimum absolute atomic E-state index is 0.343. The van der Waals surface area contributed by atoms with E-state index < -0.39 is 8.32 Å². The molecule has 0 bridgehead atoms. The van der Waals surface area contributed by atoms with Crippen LogP contribution < -0.4 is 0 Å². The zero-order chi connectivity index (χ0) is 12.1. The Bertz CT molecular complexity index is 219. The molecule has 0 amide bonds. The molecular weight excluding hydrogens is 232 g/mol. The summed E-state index contributed by atoms with van der Waals surface area (Å²) < 4.78 is 17.3. The van der Waals surface area contributed by atoms with Gasteiger partial charge in [0.2, 0.25) is 0 Å². The van der Waals surface area contributed by atoms with E-state index in [9.17, 15) is 0 Å². The summed E-state index contributed by atoms with van der Waals surface area (Å²) in [7, 11) is -1.46. The lowest BCUT2D eigenvalue weighted by Crippen LogP contribution is -2.44. The van der Waals surface area contributed by atoms with E-state index in [2.05, 4.69) is 13.8 Å². The molecule has 0 spiro atoms. The van der Waals surface area contributed by atoms with Crippen LogP contribution in [0.3, 0.4) is 0 Å². The molecule has 0 saturated carbocycles. The van der Waals surface area contributed by atoms with E-state index in [0.29, 0.717) is 12.2 Å². The van der Waals surface area contributed by atoms with Crippen LogP contribution in [0.5, 0.6) is 0 Å². The van der Waals surface area contributed by atoms with Gasteiger partial charge in [-0.25, -0.2) is 0 Å². The summed E-state index contributed by atoms with van der Waals surface area (Å²) in [5.74, 6) is 0. The fourth-order valence-electron chi connectivity index (χ4n) is 2.84. The SMILES string of the molecule is CCC[Si]1(CC(C)OCC2CO2)CCCCO1. The topological polar surface area (TPSA) is 31.0 Å². The highest BCUT2D eigenvalue weighted by Crippen LogP contribution is 2.32. The van der Waals surface area contributed by atoms with Gasteiger partial charge in [-0.3, -0.25) is 0 Å². The van der Waals surface area contributed by atoms with E-state index in [1.54, 1.807) is 0 Å². The maximum absolute atomic E-state index is 6.23. The highest BCUT2D eigenvalue weighted by molar-refractivity contribution is 6.74. The first-order valence-corrected chi connectivity index (χ1v) is 9.64. The summed E-state index contributed by atoms with van der Waals surface area (Å²) in [4.78, 5) is 0. The maximum atomic E-state index is 6.23. The molecule has 4 heteroatoms. The average molecular weight is 258 g/mol. The lowest BCUT2D eigenvalue weighted by molar-refractivity contribution is 0.0614. The molecule has 2 aliphatic heterocycles. The first-order valence-electron chi connectivity index (χ1n) is 7.11. The Labute approximate surface area is 106 Å². The van der Waals surface area contributed by atoms with E-state index in [0.717, 1.165) is 19.8 Å². The smallest absolute Gasteiger partial charge is 0.195 e.